The molecule has 4 aromatic rings. The normalized spacial score (nSPS) is 13.4. The first-order chi connectivity index (χ1) is 13.6. The second kappa shape index (κ2) is 6.09. The van der Waals surface area contributed by atoms with Crippen molar-refractivity contribution >= 4 is 29.3 Å². The van der Waals surface area contributed by atoms with E-state index in [9.17, 15) is 10.0 Å². The Labute approximate surface area is 160 Å². The first kappa shape index (κ1) is 16.3. The molecule has 28 heavy (non-hydrogen) atoms. The van der Waals surface area contributed by atoms with E-state index in [4.69, 9.17) is 9.40 Å². The van der Waals surface area contributed by atoms with Crippen molar-refractivity contribution in [2.45, 2.75) is 6.54 Å². The zero-order valence-corrected chi connectivity index (χ0v) is 14.9. The summed E-state index contributed by atoms with van der Waals surface area (Å²) in [5.41, 5.74) is 3.40. The van der Waals surface area contributed by atoms with Crippen molar-refractivity contribution in [3.63, 3.8) is 0 Å². The fourth-order valence-corrected chi connectivity index (χ4v) is 3.58. The predicted octanol–water partition coefficient (Wildman–Crippen LogP) is 3.55. The summed E-state index contributed by atoms with van der Waals surface area (Å²) in [4.78, 5) is 17.0. The zero-order chi connectivity index (χ0) is 19.3. The van der Waals surface area contributed by atoms with Gasteiger partial charge in [-0.1, -0.05) is 18.2 Å². The van der Waals surface area contributed by atoms with Crippen molar-refractivity contribution in [1.29, 1.82) is 0 Å². The van der Waals surface area contributed by atoms with Gasteiger partial charge < -0.3 is 19.5 Å². The van der Waals surface area contributed by atoms with E-state index in [1.807, 2.05) is 34.9 Å². The Balaban J connectivity index is 1.63. The largest absolute Gasteiger partial charge is 0.619 e. The molecule has 2 aromatic heterocycles. The maximum atomic E-state index is 12.3. The van der Waals surface area contributed by atoms with E-state index in [1.165, 1.54) is 0 Å². The molecule has 0 saturated carbocycles. The third-order valence-corrected chi connectivity index (χ3v) is 4.88. The van der Waals surface area contributed by atoms with E-state index in [2.05, 4.69) is 12.0 Å². The number of nitrogens with zero attached hydrogens (tertiary/aromatic N) is 3. The fraction of sp³-hybridized carbons (Fsp3) is 0.0952. The summed E-state index contributed by atoms with van der Waals surface area (Å²) in [7, 11) is 0. The molecule has 0 unspecified atom stereocenters. The molecule has 0 fully saturated rings. The number of para-hydroxylation sites is 1. The van der Waals surface area contributed by atoms with E-state index in [1.54, 1.807) is 24.3 Å². The number of nitrogens with one attached hydrogen (secondary N) is 1. The van der Waals surface area contributed by atoms with Crippen molar-refractivity contribution in [1.82, 2.24) is 14.9 Å². The molecule has 0 radical (unpaired) electrons. The second-order valence-electron chi connectivity index (χ2n) is 6.61. The van der Waals surface area contributed by atoms with Crippen molar-refractivity contribution in [3.05, 3.63) is 65.4 Å². The zero-order valence-electron chi connectivity index (χ0n) is 14.9. The molecular formula is C21H16N4O3. The molecule has 1 amide bonds. The number of aromatic nitrogens is 2. The summed E-state index contributed by atoms with van der Waals surface area (Å²) in [6.45, 7) is 4.50. The first-order valence-corrected chi connectivity index (χ1v) is 8.88. The lowest BCUT2D eigenvalue weighted by atomic mass is 10.1. The number of imidazole rings is 1. The highest BCUT2D eigenvalue weighted by Crippen LogP contribution is 2.33. The number of carbonyl (C=O) groups excluding carboxylic acids is 1. The Morgan fingerprint density at radius 2 is 1.96 bits per heavy atom. The Morgan fingerprint density at radius 1 is 1.14 bits per heavy atom. The van der Waals surface area contributed by atoms with Gasteiger partial charge in [-0.3, -0.25) is 4.79 Å². The van der Waals surface area contributed by atoms with Crippen molar-refractivity contribution < 1.29 is 14.0 Å². The number of amides is 1. The molecule has 0 spiro atoms. The molecule has 0 saturated heterocycles. The molecule has 1 N–H and O–H groups in total. The Hall–Kier alpha value is -3.87. The van der Waals surface area contributed by atoms with Gasteiger partial charge in [0.25, 0.3) is 5.91 Å². The van der Waals surface area contributed by atoms with E-state index in [0.29, 0.717) is 46.4 Å². The fourth-order valence-electron chi connectivity index (χ4n) is 3.58. The van der Waals surface area contributed by atoms with E-state index < -0.39 is 0 Å². The highest BCUT2D eigenvalue weighted by molar-refractivity contribution is 6.06. The van der Waals surface area contributed by atoms with Gasteiger partial charge in [0.05, 0.1) is 16.6 Å². The summed E-state index contributed by atoms with van der Waals surface area (Å²) >= 11 is 0. The topological polar surface area (TPSA) is 86.1 Å². The molecule has 7 heteroatoms. The van der Waals surface area contributed by atoms with Crippen LogP contribution in [0.15, 0.2) is 59.0 Å². The quantitative estimate of drug-likeness (QED) is 0.258. The summed E-state index contributed by atoms with van der Waals surface area (Å²) in [6, 6.07) is 16.3. The smallest absolute Gasteiger partial charge is 0.253 e. The lowest BCUT2D eigenvalue weighted by molar-refractivity contribution is -0.349. The summed E-state index contributed by atoms with van der Waals surface area (Å²) in [6.07, 6.45) is 0. The Morgan fingerprint density at radius 3 is 2.82 bits per heavy atom. The van der Waals surface area contributed by atoms with E-state index >= 15 is 0 Å². The average Bonchev–Trinajstić information content (AvgIpc) is 3.28. The number of carbonyl (C=O) groups is 1. The molecular weight excluding hydrogens is 356 g/mol. The number of hydrogen-bond acceptors (Lipinski definition) is 4. The molecule has 1 aliphatic rings. The van der Waals surface area contributed by atoms with Gasteiger partial charge in [-0.05, 0) is 24.3 Å². The Bertz CT molecular complexity index is 1250. The van der Waals surface area contributed by atoms with E-state index in [-0.39, 0.29) is 5.91 Å². The van der Waals surface area contributed by atoms with Crippen molar-refractivity contribution in [2.24, 2.45) is 0 Å². The molecule has 0 atom stereocenters. The van der Waals surface area contributed by atoms with Crippen LogP contribution in [0.4, 0.5) is 5.69 Å². The summed E-state index contributed by atoms with van der Waals surface area (Å²) < 4.78 is 8.64. The van der Waals surface area contributed by atoms with Gasteiger partial charge in [0.1, 0.15) is 12.5 Å². The molecule has 0 bridgehead atoms. The maximum absolute atomic E-state index is 12.3. The van der Waals surface area contributed by atoms with Crippen LogP contribution in [-0.4, -0.2) is 33.5 Å². The van der Waals surface area contributed by atoms with Crippen LogP contribution in [0.25, 0.3) is 33.9 Å². The molecule has 1 aliphatic heterocycles. The van der Waals surface area contributed by atoms with Gasteiger partial charge in [0.2, 0.25) is 5.69 Å². The molecule has 0 aliphatic carbocycles. The lowest BCUT2D eigenvalue weighted by Crippen LogP contribution is -2.24. The second-order valence-corrected chi connectivity index (χ2v) is 6.61. The Kier molecular flexibility index (Phi) is 3.55. The summed E-state index contributed by atoms with van der Waals surface area (Å²) in [5, 5.41) is 14.4. The number of furan rings is 1. The molecule has 5 rings (SSSR count). The van der Waals surface area contributed by atoms with Crippen LogP contribution in [0.1, 0.15) is 10.4 Å². The maximum Gasteiger partial charge on any atom is 0.253 e. The predicted molar refractivity (Wildman–Crippen MR) is 106 cm³/mol. The van der Waals surface area contributed by atoms with Crippen LogP contribution in [0, 0.1) is 5.21 Å². The molecule has 2 aromatic carbocycles. The van der Waals surface area contributed by atoms with E-state index in [0.717, 1.165) is 16.6 Å². The SMILES string of the molecule is C=[N+]([O-])c1cccc(-c2ccc(-c3nc4cccc5c4n3CCNC5=O)o2)c1. The van der Waals surface area contributed by atoms with Gasteiger partial charge in [-0.2, -0.15) is 4.74 Å². The lowest BCUT2D eigenvalue weighted by Gasteiger charge is -2.05. The monoisotopic (exact) mass is 372 g/mol. The number of rotatable bonds is 3. The highest BCUT2D eigenvalue weighted by atomic mass is 16.5. The minimum Gasteiger partial charge on any atom is -0.619 e. The van der Waals surface area contributed by atoms with Crippen LogP contribution >= 0.6 is 0 Å². The van der Waals surface area contributed by atoms with Gasteiger partial charge in [0, 0.05) is 30.8 Å². The minimum absolute atomic E-state index is 0.0944. The van der Waals surface area contributed by atoms with Crippen LogP contribution < -0.4 is 5.32 Å². The highest BCUT2D eigenvalue weighted by Gasteiger charge is 2.23. The summed E-state index contributed by atoms with van der Waals surface area (Å²) in [5.74, 6) is 1.80. The number of hydrogen-bond donors (Lipinski definition) is 1. The van der Waals surface area contributed by atoms with Gasteiger partial charge in [-0.25, -0.2) is 4.98 Å². The third kappa shape index (κ3) is 2.48. The van der Waals surface area contributed by atoms with Crippen LogP contribution in [-0.2, 0) is 6.54 Å². The van der Waals surface area contributed by atoms with Crippen LogP contribution in [0.5, 0.6) is 0 Å². The molecule has 3 heterocycles. The van der Waals surface area contributed by atoms with Crippen molar-refractivity contribution in [3.8, 4) is 22.9 Å². The third-order valence-electron chi connectivity index (χ3n) is 4.88. The first-order valence-electron chi connectivity index (χ1n) is 8.88. The van der Waals surface area contributed by atoms with Gasteiger partial charge >= 0.3 is 0 Å². The minimum atomic E-state index is -0.0944. The van der Waals surface area contributed by atoms with Crippen LogP contribution in [0.2, 0.25) is 0 Å². The molecule has 138 valence electrons. The van der Waals surface area contributed by atoms with Gasteiger partial charge in [0.15, 0.2) is 11.6 Å². The number of benzene rings is 2. The van der Waals surface area contributed by atoms with Crippen molar-refractivity contribution in [2.75, 3.05) is 6.54 Å². The van der Waals surface area contributed by atoms with Gasteiger partial charge in [-0.15, -0.1) is 0 Å². The van der Waals surface area contributed by atoms with Crippen LogP contribution in [0.3, 0.4) is 0 Å². The average molecular weight is 372 g/mol. The standard InChI is InChI=1S/C21H16N4O3/c1-24(27)14-5-2-4-13(12-14)17-8-9-18(28-17)20-23-16-7-3-6-15-19(16)25(20)11-10-22-21(15)26/h2-9,12H,1,10-11H2,(H,22,26). The molecule has 7 nitrogen and oxygen atoms in total.